The summed E-state index contributed by atoms with van der Waals surface area (Å²) in [5.41, 5.74) is 3.30. The number of anilines is 2. The molecule has 1 aromatic heterocycles. The number of nitrogens with zero attached hydrogens (tertiary/aromatic N) is 3. The van der Waals surface area contributed by atoms with E-state index in [4.69, 9.17) is 10.4 Å². The minimum atomic E-state index is -0.0122. The van der Waals surface area contributed by atoms with Crippen LogP contribution < -0.4 is 4.90 Å². The Morgan fingerprint density at radius 2 is 2.16 bits per heavy atom. The molecule has 0 saturated carbocycles. The molecule has 1 N–H and O–H groups in total. The molecule has 0 saturated heterocycles. The van der Waals surface area contributed by atoms with Crippen LogP contribution in [0.1, 0.15) is 16.7 Å². The minimum absolute atomic E-state index is 0.0122. The summed E-state index contributed by atoms with van der Waals surface area (Å²) in [5, 5.41) is 18.0. The number of pyridine rings is 1. The topological polar surface area (TPSA) is 60.2 Å². The van der Waals surface area contributed by atoms with Gasteiger partial charge >= 0.3 is 0 Å². The highest BCUT2D eigenvalue weighted by atomic mass is 16.3. The van der Waals surface area contributed by atoms with Crippen LogP contribution in [0.3, 0.4) is 0 Å². The molecule has 2 aromatic rings. The van der Waals surface area contributed by atoms with Gasteiger partial charge in [-0.15, -0.1) is 0 Å². The molecule has 0 spiro atoms. The molecule has 4 nitrogen and oxygen atoms in total. The molecule has 0 radical (unpaired) electrons. The average molecular weight is 253 g/mol. The standard InChI is InChI=1S/C15H15N3O/c1-11-6-13(10-19)9-17-15(11)18(2)14-5-3-4-12(7-14)8-16/h3-7,9,19H,10H2,1-2H3. The largest absolute Gasteiger partial charge is 0.392 e. The number of aryl methyl sites for hydroxylation is 1. The van der Waals surface area contributed by atoms with E-state index in [9.17, 15) is 0 Å². The zero-order chi connectivity index (χ0) is 13.8. The summed E-state index contributed by atoms with van der Waals surface area (Å²) in [6.07, 6.45) is 1.66. The molecule has 0 aliphatic carbocycles. The van der Waals surface area contributed by atoms with Gasteiger partial charge in [-0.25, -0.2) is 4.98 Å². The lowest BCUT2D eigenvalue weighted by molar-refractivity contribution is 0.281. The maximum Gasteiger partial charge on any atom is 0.135 e. The van der Waals surface area contributed by atoms with Gasteiger partial charge in [-0.3, -0.25) is 0 Å². The number of benzene rings is 1. The summed E-state index contributed by atoms with van der Waals surface area (Å²) in [6, 6.07) is 11.4. The lowest BCUT2D eigenvalue weighted by Gasteiger charge is -2.20. The predicted octanol–water partition coefficient (Wildman–Crippen LogP) is 2.52. The van der Waals surface area contributed by atoms with Gasteiger partial charge in [0.1, 0.15) is 5.82 Å². The number of rotatable bonds is 3. The normalized spacial score (nSPS) is 10.0. The maximum atomic E-state index is 9.09. The molecular weight excluding hydrogens is 238 g/mol. The molecule has 0 unspecified atom stereocenters. The van der Waals surface area contributed by atoms with Crippen molar-refractivity contribution in [2.24, 2.45) is 0 Å². The first-order valence-corrected chi connectivity index (χ1v) is 5.96. The van der Waals surface area contributed by atoms with Crippen LogP contribution >= 0.6 is 0 Å². The van der Waals surface area contributed by atoms with Gasteiger partial charge in [0.15, 0.2) is 0 Å². The first-order chi connectivity index (χ1) is 9.15. The molecular formula is C15H15N3O. The zero-order valence-corrected chi connectivity index (χ0v) is 11.0. The van der Waals surface area contributed by atoms with Gasteiger partial charge in [0.05, 0.1) is 18.2 Å². The summed E-state index contributed by atoms with van der Waals surface area (Å²) >= 11 is 0. The Kier molecular flexibility index (Phi) is 3.79. The van der Waals surface area contributed by atoms with E-state index in [1.807, 2.05) is 43.1 Å². The van der Waals surface area contributed by atoms with E-state index in [1.54, 1.807) is 12.3 Å². The first-order valence-electron chi connectivity index (χ1n) is 5.96. The van der Waals surface area contributed by atoms with E-state index >= 15 is 0 Å². The van der Waals surface area contributed by atoms with Crippen LogP contribution in [0.25, 0.3) is 0 Å². The number of aromatic nitrogens is 1. The second-order valence-electron chi connectivity index (χ2n) is 4.36. The fourth-order valence-electron chi connectivity index (χ4n) is 1.97. The van der Waals surface area contributed by atoms with Crippen LogP contribution in [0.15, 0.2) is 36.5 Å². The highest BCUT2D eigenvalue weighted by Gasteiger charge is 2.09. The Morgan fingerprint density at radius 1 is 1.37 bits per heavy atom. The van der Waals surface area contributed by atoms with Crippen LogP contribution in [0.4, 0.5) is 11.5 Å². The van der Waals surface area contributed by atoms with E-state index < -0.39 is 0 Å². The van der Waals surface area contributed by atoms with Crippen molar-refractivity contribution < 1.29 is 5.11 Å². The van der Waals surface area contributed by atoms with Gasteiger partial charge < -0.3 is 10.0 Å². The SMILES string of the molecule is Cc1cc(CO)cnc1N(C)c1cccc(C#N)c1. The number of hydrogen-bond donors (Lipinski definition) is 1. The van der Waals surface area contributed by atoms with Crippen molar-refractivity contribution in [1.82, 2.24) is 4.98 Å². The van der Waals surface area contributed by atoms with Crippen LogP contribution in [0, 0.1) is 18.3 Å². The van der Waals surface area contributed by atoms with Gasteiger partial charge in [-0.2, -0.15) is 5.26 Å². The van der Waals surface area contributed by atoms with Crippen molar-refractivity contribution in [3.8, 4) is 6.07 Å². The fourth-order valence-corrected chi connectivity index (χ4v) is 1.97. The maximum absolute atomic E-state index is 9.09. The molecule has 1 aromatic carbocycles. The molecule has 0 bridgehead atoms. The Balaban J connectivity index is 2.38. The van der Waals surface area contributed by atoms with Crippen molar-refractivity contribution >= 4 is 11.5 Å². The van der Waals surface area contributed by atoms with E-state index in [1.165, 1.54) is 0 Å². The molecule has 0 fully saturated rings. The minimum Gasteiger partial charge on any atom is -0.392 e. The monoisotopic (exact) mass is 253 g/mol. The van der Waals surface area contributed by atoms with Crippen LogP contribution in [-0.4, -0.2) is 17.1 Å². The highest BCUT2D eigenvalue weighted by Crippen LogP contribution is 2.25. The second kappa shape index (κ2) is 5.51. The predicted molar refractivity (Wildman–Crippen MR) is 74.1 cm³/mol. The summed E-state index contributed by atoms with van der Waals surface area (Å²) in [6.45, 7) is 1.94. The van der Waals surface area contributed by atoms with Crippen molar-refractivity contribution in [3.05, 3.63) is 53.2 Å². The molecule has 1 heterocycles. The molecule has 0 amide bonds. The average Bonchev–Trinajstić information content (AvgIpc) is 2.46. The van der Waals surface area contributed by atoms with Gasteiger partial charge in [0.25, 0.3) is 0 Å². The summed E-state index contributed by atoms with van der Waals surface area (Å²) in [5.74, 6) is 0.812. The third-order valence-electron chi connectivity index (χ3n) is 2.97. The van der Waals surface area contributed by atoms with Crippen LogP contribution in [0.5, 0.6) is 0 Å². The van der Waals surface area contributed by atoms with Crippen molar-refractivity contribution in [1.29, 1.82) is 5.26 Å². The first kappa shape index (κ1) is 13.1. The third-order valence-corrected chi connectivity index (χ3v) is 2.97. The van der Waals surface area contributed by atoms with Crippen LogP contribution in [-0.2, 0) is 6.61 Å². The summed E-state index contributed by atoms with van der Waals surface area (Å²) < 4.78 is 0. The van der Waals surface area contributed by atoms with E-state index in [-0.39, 0.29) is 6.61 Å². The Labute approximate surface area is 112 Å². The Hall–Kier alpha value is -2.38. The van der Waals surface area contributed by atoms with Gasteiger partial charge in [0.2, 0.25) is 0 Å². The summed E-state index contributed by atoms with van der Waals surface area (Å²) in [7, 11) is 1.91. The van der Waals surface area contributed by atoms with E-state index in [2.05, 4.69) is 11.1 Å². The van der Waals surface area contributed by atoms with E-state index in [0.29, 0.717) is 5.56 Å². The smallest absolute Gasteiger partial charge is 0.135 e. The van der Waals surface area contributed by atoms with Crippen molar-refractivity contribution in [2.75, 3.05) is 11.9 Å². The van der Waals surface area contributed by atoms with Gasteiger partial charge in [-0.1, -0.05) is 6.07 Å². The highest BCUT2D eigenvalue weighted by molar-refractivity contribution is 5.63. The lowest BCUT2D eigenvalue weighted by atomic mass is 10.1. The molecule has 0 aliphatic heterocycles. The molecule has 19 heavy (non-hydrogen) atoms. The fraction of sp³-hybridized carbons (Fsp3) is 0.200. The molecule has 0 aliphatic rings. The second-order valence-corrected chi connectivity index (χ2v) is 4.36. The van der Waals surface area contributed by atoms with Crippen molar-refractivity contribution in [3.63, 3.8) is 0 Å². The number of hydrogen-bond acceptors (Lipinski definition) is 4. The molecule has 2 rings (SSSR count). The van der Waals surface area contributed by atoms with Gasteiger partial charge in [-0.05, 0) is 42.3 Å². The Bertz CT molecular complexity index is 632. The zero-order valence-electron chi connectivity index (χ0n) is 11.0. The molecule has 96 valence electrons. The van der Waals surface area contributed by atoms with Crippen molar-refractivity contribution in [2.45, 2.75) is 13.5 Å². The molecule has 4 heteroatoms. The lowest BCUT2D eigenvalue weighted by Crippen LogP contribution is -2.13. The van der Waals surface area contributed by atoms with Gasteiger partial charge in [0, 0.05) is 18.9 Å². The molecule has 0 atom stereocenters. The quantitative estimate of drug-likeness (QED) is 0.913. The van der Waals surface area contributed by atoms with Crippen LogP contribution in [0.2, 0.25) is 0 Å². The summed E-state index contributed by atoms with van der Waals surface area (Å²) in [4.78, 5) is 6.29. The number of nitriles is 1. The Morgan fingerprint density at radius 3 is 2.79 bits per heavy atom. The number of aliphatic hydroxyl groups is 1. The number of aliphatic hydroxyl groups excluding tert-OH is 1. The third kappa shape index (κ3) is 2.72. The van der Waals surface area contributed by atoms with E-state index in [0.717, 1.165) is 22.6 Å².